The van der Waals surface area contributed by atoms with Gasteiger partial charge in [0.2, 0.25) is 0 Å². The number of rotatable bonds is 3. The molecule has 1 aliphatic rings. The Hall–Kier alpha value is -0.910. The molecule has 0 bridgehead atoms. The predicted molar refractivity (Wildman–Crippen MR) is 40.0 cm³/mol. The van der Waals surface area contributed by atoms with E-state index in [1.165, 1.54) is 20.3 Å². The summed E-state index contributed by atoms with van der Waals surface area (Å²) in [5.74, 6) is -2.15. The van der Waals surface area contributed by atoms with E-state index in [0.717, 1.165) is 0 Å². The lowest BCUT2D eigenvalue weighted by molar-refractivity contribution is -0.233. The highest BCUT2D eigenvalue weighted by molar-refractivity contribution is 5.84. The van der Waals surface area contributed by atoms with Crippen LogP contribution in [0.25, 0.3) is 0 Å². The number of amides is 1. The smallest absolute Gasteiger partial charge is 0.282 e. The summed E-state index contributed by atoms with van der Waals surface area (Å²) >= 11 is 0. The monoisotopic (exact) mass is 173 g/mol. The minimum absolute atomic E-state index is 0.572. The molecule has 1 aliphatic heterocycles. The van der Waals surface area contributed by atoms with Crippen LogP contribution in [0.2, 0.25) is 0 Å². The fourth-order valence-electron chi connectivity index (χ4n) is 0.940. The Bertz CT molecular complexity index is 215. The summed E-state index contributed by atoms with van der Waals surface area (Å²) in [6.45, 7) is 0. The number of ether oxygens (including phenoxy) is 3. The van der Waals surface area contributed by atoms with Crippen molar-refractivity contribution in [2.45, 2.75) is 12.1 Å². The van der Waals surface area contributed by atoms with Gasteiger partial charge in [-0.2, -0.15) is 0 Å². The van der Waals surface area contributed by atoms with Crippen molar-refractivity contribution in [3.63, 3.8) is 0 Å². The lowest BCUT2D eigenvalue weighted by Crippen LogP contribution is -2.45. The van der Waals surface area contributed by atoms with E-state index in [1.54, 1.807) is 6.08 Å². The van der Waals surface area contributed by atoms with Crippen LogP contribution in [0.15, 0.2) is 12.2 Å². The number of carbonyl (C=O) groups excluding carboxylic acids is 1. The molecule has 0 spiro atoms. The Balaban J connectivity index is 2.74. The van der Waals surface area contributed by atoms with Gasteiger partial charge >= 0.3 is 0 Å². The van der Waals surface area contributed by atoms with E-state index < -0.39 is 18.0 Å². The van der Waals surface area contributed by atoms with E-state index in [1.807, 2.05) is 0 Å². The summed E-state index contributed by atoms with van der Waals surface area (Å²) in [4.78, 5) is 10.9. The topological polar surface area (TPSA) is 70.8 Å². The van der Waals surface area contributed by atoms with Crippen molar-refractivity contribution in [1.29, 1.82) is 0 Å². The summed E-state index contributed by atoms with van der Waals surface area (Å²) in [6.07, 6.45) is 2.43. The number of nitrogens with two attached hydrogens (primary N) is 1. The van der Waals surface area contributed by atoms with E-state index in [4.69, 9.17) is 19.9 Å². The second-order valence-electron chi connectivity index (χ2n) is 2.32. The molecule has 1 rings (SSSR count). The molecule has 12 heavy (non-hydrogen) atoms. The van der Waals surface area contributed by atoms with Crippen molar-refractivity contribution in [2.75, 3.05) is 14.2 Å². The lowest BCUT2D eigenvalue weighted by Gasteiger charge is -2.22. The molecule has 0 aromatic heterocycles. The van der Waals surface area contributed by atoms with Crippen LogP contribution in [0, 0.1) is 0 Å². The number of methoxy groups -OCH3 is 2. The average molecular weight is 173 g/mol. The van der Waals surface area contributed by atoms with Gasteiger partial charge in [-0.25, -0.2) is 0 Å². The van der Waals surface area contributed by atoms with Gasteiger partial charge in [-0.3, -0.25) is 4.79 Å². The zero-order valence-electron chi connectivity index (χ0n) is 6.94. The molecule has 5 nitrogen and oxygen atoms in total. The Labute approximate surface area is 70.1 Å². The molecule has 1 amide bonds. The highest BCUT2D eigenvalue weighted by Crippen LogP contribution is 2.23. The first kappa shape index (κ1) is 9.18. The van der Waals surface area contributed by atoms with Gasteiger partial charge in [-0.15, -0.1) is 0 Å². The highest BCUT2D eigenvalue weighted by Gasteiger charge is 2.41. The molecule has 68 valence electrons. The molecule has 0 radical (unpaired) electrons. The third kappa shape index (κ3) is 1.34. The number of primary amides is 1. The van der Waals surface area contributed by atoms with Gasteiger partial charge in [0, 0.05) is 14.2 Å². The molecular weight excluding hydrogens is 162 g/mol. The third-order valence-corrected chi connectivity index (χ3v) is 1.64. The van der Waals surface area contributed by atoms with Gasteiger partial charge in [0.05, 0.1) is 0 Å². The molecule has 0 saturated carbocycles. The molecule has 0 saturated heterocycles. The molecule has 0 aliphatic carbocycles. The Morgan fingerprint density at radius 1 is 1.67 bits per heavy atom. The van der Waals surface area contributed by atoms with Gasteiger partial charge in [0.25, 0.3) is 11.7 Å². The molecule has 0 fully saturated rings. The van der Waals surface area contributed by atoms with Crippen molar-refractivity contribution in [2.24, 2.45) is 5.73 Å². The van der Waals surface area contributed by atoms with Crippen molar-refractivity contribution in [3.8, 4) is 0 Å². The van der Waals surface area contributed by atoms with Gasteiger partial charge < -0.3 is 19.9 Å². The zero-order valence-corrected chi connectivity index (χ0v) is 6.94. The Morgan fingerprint density at radius 2 is 2.33 bits per heavy atom. The summed E-state index contributed by atoms with van der Waals surface area (Å²) in [6, 6.07) is 0. The minimum Gasteiger partial charge on any atom is -0.365 e. The van der Waals surface area contributed by atoms with E-state index in [9.17, 15) is 4.79 Å². The van der Waals surface area contributed by atoms with Gasteiger partial charge in [-0.1, -0.05) is 0 Å². The van der Waals surface area contributed by atoms with Crippen molar-refractivity contribution in [1.82, 2.24) is 0 Å². The summed E-state index contributed by atoms with van der Waals surface area (Å²) in [7, 11) is 2.80. The first-order valence-electron chi connectivity index (χ1n) is 3.39. The SMILES string of the molecule is COC1C=CC(OC)(C(N)=O)O1. The highest BCUT2D eigenvalue weighted by atomic mass is 16.8. The second kappa shape index (κ2) is 3.22. The van der Waals surface area contributed by atoms with E-state index >= 15 is 0 Å². The minimum atomic E-state index is -1.46. The standard InChI is InChI=1S/C7H11NO4/c1-10-5-3-4-7(11-2,12-5)6(8)9/h3-5H,1-2H3,(H2,8,9). The van der Waals surface area contributed by atoms with Crippen LogP contribution in [-0.4, -0.2) is 32.2 Å². The van der Waals surface area contributed by atoms with Crippen molar-refractivity contribution >= 4 is 5.91 Å². The zero-order chi connectivity index (χ0) is 9.19. The van der Waals surface area contributed by atoms with Crippen LogP contribution in [0.5, 0.6) is 0 Å². The van der Waals surface area contributed by atoms with Crippen LogP contribution in [0.1, 0.15) is 0 Å². The van der Waals surface area contributed by atoms with Crippen LogP contribution in [-0.2, 0) is 19.0 Å². The first-order chi connectivity index (χ1) is 5.64. The first-order valence-corrected chi connectivity index (χ1v) is 3.39. The van der Waals surface area contributed by atoms with E-state index in [0.29, 0.717) is 0 Å². The quantitative estimate of drug-likeness (QED) is 0.577. The number of carbonyl (C=O) groups is 1. The maximum absolute atomic E-state index is 10.9. The molecular formula is C7H11NO4. The van der Waals surface area contributed by atoms with Crippen molar-refractivity contribution in [3.05, 3.63) is 12.2 Å². The van der Waals surface area contributed by atoms with Crippen LogP contribution in [0.4, 0.5) is 0 Å². The lowest BCUT2D eigenvalue weighted by atomic mass is 10.2. The van der Waals surface area contributed by atoms with Crippen LogP contribution in [0.3, 0.4) is 0 Å². The van der Waals surface area contributed by atoms with Gasteiger partial charge in [-0.05, 0) is 12.2 Å². The maximum atomic E-state index is 10.9. The Kier molecular flexibility index (Phi) is 2.46. The van der Waals surface area contributed by atoms with Crippen LogP contribution < -0.4 is 5.73 Å². The summed E-state index contributed by atoms with van der Waals surface area (Å²) in [5, 5.41) is 0. The van der Waals surface area contributed by atoms with Crippen molar-refractivity contribution < 1.29 is 19.0 Å². The summed E-state index contributed by atoms with van der Waals surface area (Å²) < 4.78 is 14.7. The fourth-order valence-corrected chi connectivity index (χ4v) is 0.940. The number of hydrogen-bond acceptors (Lipinski definition) is 4. The number of hydrogen-bond donors (Lipinski definition) is 1. The molecule has 2 N–H and O–H groups in total. The summed E-state index contributed by atoms with van der Waals surface area (Å²) in [5.41, 5.74) is 5.06. The molecule has 5 heteroatoms. The van der Waals surface area contributed by atoms with Gasteiger partial charge in [0.15, 0.2) is 6.29 Å². The Morgan fingerprint density at radius 3 is 2.58 bits per heavy atom. The molecule has 0 aromatic rings. The normalized spacial score (nSPS) is 34.0. The maximum Gasteiger partial charge on any atom is 0.282 e. The van der Waals surface area contributed by atoms with Gasteiger partial charge in [0.1, 0.15) is 0 Å². The molecule has 1 heterocycles. The van der Waals surface area contributed by atoms with E-state index in [-0.39, 0.29) is 0 Å². The van der Waals surface area contributed by atoms with Crippen LogP contribution >= 0.6 is 0 Å². The fraction of sp³-hybridized carbons (Fsp3) is 0.571. The molecule has 2 unspecified atom stereocenters. The second-order valence-corrected chi connectivity index (χ2v) is 2.32. The van der Waals surface area contributed by atoms with E-state index in [2.05, 4.69) is 0 Å². The predicted octanol–water partition coefficient (Wildman–Crippen LogP) is -0.627. The third-order valence-electron chi connectivity index (χ3n) is 1.64. The average Bonchev–Trinajstić information content (AvgIpc) is 2.48. The molecule has 2 atom stereocenters. The largest absolute Gasteiger partial charge is 0.365 e. The molecule has 0 aromatic carbocycles.